The molecule has 2 aromatic rings. The zero-order chi connectivity index (χ0) is 15.6. The maximum Gasteiger partial charge on any atom is 0.227 e. The van der Waals surface area contributed by atoms with Gasteiger partial charge in [-0.25, -0.2) is 9.37 Å². The van der Waals surface area contributed by atoms with Crippen molar-refractivity contribution in [1.29, 1.82) is 5.26 Å². The van der Waals surface area contributed by atoms with Crippen LogP contribution in [0.4, 0.5) is 10.2 Å². The van der Waals surface area contributed by atoms with E-state index in [1.54, 1.807) is 13.0 Å². The molecule has 0 aliphatic rings. The summed E-state index contributed by atoms with van der Waals surface area (Å²) in [6, 6.07) is 5.96. The summed E-state index contributed by atoms with van der Waals surface area (Å²) >= 11 is 0. The van der Waals surface area contributed by atoms with Gasteiger partial charge in [-0.05, 0) is 19.1 Å². The van der Waals surface area contributed by atoms with Crippen molar-refractivity contribution in [1.82, 2.24) is 9.97 Å². The molecular weight excluding hydrogens is 271 g/mol. The molecule has 0 saturated carbocycles. The number of benzene rings is 1. The molecule has 0 amide bonds. The first-order chi connectivity index (χ1) is 9.93. The quantitative estimate of drug-likeness (QED) is 0.935. The predicted octanol–water partition coefficient (Wildman–Crippen LogP) is 3.29. The smallest absolute Gasteiger partial charge is 0.227 e. The lowest BCUT2D eigenvalue weighted by atomic mass is 10.2. The highest BCUT2D eigenvalue weighted by molar-refractivity contribution is 5.49. The van der Waals surface area contributed by atoms with Gasteiger partial charge >= 0.3 is 0 Å². The summed E-state index contributed by atoms with van der Waals surface area (Å²) in [7, 11) is 0. The van der Waals surface area contributed by atoms with Gasteiger partial charge in [0.15, 0.2) is 0 Å². The molecule has 2 N–H and O–H groups in total. The van der Waals surface area contributed by atoms with Crippen LogP contribution in [0.1, 0.15) is 36.7 Å². The molecule has 21 heavy (non-hydrogen) atoms. The van der Waals surface area contributed by atoms with Crippen LogP contribution in [0.3, 0.4) is 0 Å². The van der Waals surface area contributed by atoms with Crippen LogP contribution in [-0.2, 0) is 0 Å². The second kappa shape index (κ2) is 5.75. The van der Waals surface area contributed by atoms with E-state index in [2.05, 4.69) is 9.97 Å². The Labute approximate surface area is 122 Å². The van der Waals surface area contributed by atoms with Crippen molar-refractivity contribution in [2.75, 3.05) is 5.73 Å². The number of ether oxygens (including phenoxy) is 1. The zero-order valence-corrected chi connectivity index (χ0v) is 12.0. The van der Waals surface area contributed by atoms with Crippen LogP contribution in [0.5, 0.6) is 11.6 Å². The number of nitriles is 1. The van der Waals surface area contributed by atoms with Crippen molar-refractivity contribution in [3.8, 4) is 17.7 Å². The molecule has 0 saturated heterocycles. The monoisotopic (exact) mass is 286 g/mol. The summed E-state index contributed by atoms with van der Waals surface area (Å²) < 4.78 is 19.2. The molecule has 0 radical (unpaired) electrons. The number of aromatic nitrogens is 2. The molecule has 0 aliphatic carbocycles. The Morgan fingerprint density at radius 3 is 2.67 bits per heavy atom. The van der Waals surface area contributed by atoms with Gasteiger partial charge in [-0.1, -0.05) is 19.9 Å². The molecule has 0 spiro atoms. The number of anilines is 1. The van der Waals surface area contributed by atoms with Crippen LogP contribution in [0.25, 0.3) is 0 Å². The fourth-order valence-electron chi connectivity index (χ4n) is 1.69. The number of rotatable bonds is 3. The summed E-state index contributed by atoms with van der Waals surface area (Å²) in [5.41, 5.74) is 6.23. The molecular formula is C15H15FN4O. The standard InChI is InChI=1S/C15H15FN4O/c1-8(2)14-19-13(18)9(3)15(20-14)21-12-6-4-5-11(16)10(12)7-17/h4-6,8H,1-3H3,(H2,18,19,20). The van der Waals surface area contributed by atoms with Gasteiger partial charge in [-0.2, -0.15) is 10.2 Å². The molecule has 5 nitrogen and oxygen atoms in total. The summed E-state index contributed by atoms with van der Waals surface area (Å²) in [4.78, 5) is 8.47. The third kappa shape index (κ3) is 2.92. The number of halogens is 1. The third-order valence-electron chi connectivity index (χ3n) is 2.97. The number of nitrogen functional groups attached to an aromatic ring is 1. The SMILES string of the molecule is Cc1c(N)nc(C(C)C)nc1Oc1cccc(F)c1C#N. The van der Waals surface area contributed by atoms with E-state index in [-0.39, 0.29) is 23.1 Å². The van der Waals surface area contributed by atoms with Crippen molar-refractivity contribution < 1.29 is 9.13 Å². The zero-order valence-electron chi connectivity index (χ0n) is 12.0. The molecule has 1 aromatic carbocycles. The lowest BCUT2D eigenvalue weighted by Crippen LogP contribution is -2.06. The third-order valence-corrected chi connectivity index (χ3v) is 2.97. The topological polar surface area (TPSA) is 84.8 Å². The maximum atomic E-state index is 13.6. The Kier molecular flexibility index (Phi) is 4.03. The first-order valence-electron chi connectivity index (χ1n) is 6.44. The first kappa shape index (κ1) is 14.7. The van der Waals surface area contributed by atoms with Gasteiger partial charge in [-0.3, -0.25) is 0 Å². The molecule has 1 heterocycles. The van der Waals surface area contributed by atoms with E-state index in [9.17, 15) is 4.39 Å². The van der Waals surface area contributed by atoms with E-state index < -0.39 is 5.82 Å². The van der Waals surface area contributed by atoms with Crippen LogP contribution < -0.4 is 10.5 Å². The molecule has 0 bridgehead atoms. The summed E-state index contributed by atoms with van der Waals surface area (Å²) in [5.74, 6) is 0.597. The lowest BCUT2D eigenvalue weighted by Gasteiger charge is -2.13. The molecule has 0 aliphatic heterocycles. The molecule has 108 valence electrons. The number of nitrogens with zero attached hydrogens (tertiary/aromatic N) is 3. The number of hydrogen-bond donors (Lipinski definition) is 1. The van der Waals surface area contributed by atoms with Crippen molar-refractivity contribution in [2.45, 2.75) is 26.7 Å². The van der Waals surface area contributed by atoms with Gasteiger partial charge in [-0.15, -0.1) is 0 Å². The molecule has 6 heteroatoms. The van der Waals surface area contributed by atoms with E-state index >= 15 is 0 Å². The normalized spacial score (nSPS) is 10.5. The van der Waals surface area contributed by atoms with Crippen LogP contribution in [-0.4, -0.2) is 9.97 Å². The van der Waals surface area contributed by atoms with Gasteiger partial charge in [0.05, 0.1) is 5.56 Å². The molecule has 0 fully saturated rings. The summed E-state index contributed by atoms with van der Waals surface area (Å²) in [6.07, 6.45) is 0. The lowest BCUT2D eigenvalue weighted by molar-refractivity contribution is 0.447. The Morgan fingerprint density at radius 1 is 1.33 bits per heavy atom. The van der Waals surface area contributed by atoms with Crippen molar-refractivity contribution in [2.24, 2.45) is 0 Å². The minimum Gasteiger partial charge on any atom is -0.437 e. The second-order valence-electron chi connectivity index (χ2n) is 4.88. The van der Waals surface area contributed by atoms with Crippen molar-refractivity contribution >= 4 is 5.82 Å². The van der Waals surface area contributed by atoms with Gasteiger partial charge < -0.3 is 10.5 Å². The molecule has 2 rings (SSSR count). The fraction of sp³-hybridized carbons (Fsp3) is 0.267. The van der Waals surface area contributed by atoms with Gasteiger partial charge in [0.25, 0.3) is 0 Å². The minimum absolute atomic E-state index is 0.0678. The number of nitrogens with two attached hydrogens (primary N) is 1. The van der Waals surface area contributed by atoms with E-state index in [4.69, 9.17) is 15.7 Å². The van der Waals surface area contributed by atoms with E-state index in [0.717, 1.165) is 0 Å². The van der Waals surface area contributed by atoms with E-state index in [0.29, 0.717) is 17.2 Å². The Hall–Kier alpha value is -2.68. The maximum absolute atomic E-state index is 13.6. The van der Waals surface area contributed by atoms with Crippen LogP contribution in [0.15, 0.2) is 18.2 Å². The summed E-state index contributed by atoms with van der Waals surface area (Å²) in [5, 5.41) is 9.02. The highest BCUT2D eigenvalue weighted by atomic mass is 19.1. The Bertz CT molecular complexity index is 722. The summed E-state index contributed by atoms with van der Waals surface area (Å²) in [6.45, 7) is 5.56. The Balaban J connectivity index is 2.50. The number of hydrogen-bond acceptors (Lipinski definition) is 5. The first-order valence-corrected chi connectivity index (χ1v) is 6.44. The van der Waals surface area contributed by atoms with Crippen LogP contribution in [0, 0.1) is 24.1 Å². The molecule has 1 aromatic heterocycles. The average Bonchev–Trinajstić information content (AvgIpc) is 2.43. The van der Waals surface area contributed by atoms with E-state index in [1.165, 1.54) is 18.2 Å². The van der Waals surface area contributed by atoms with Gasteiger partial charge in [0, 0.05) is 5.92 Å². The molecule has 0 unspecified atom stereocenters. The fourth-order valence-corrected chi connectivity index (χ4v) is 1.69. The largest absolute Gasteiger partial charge is 0.437 e. The minimum atomic E-state index is -0.640. The highest BCUT2D eigenvalue weighted by Gasteiger charge is 2.16. The predicted molar refractivity (Wildman–Crippen MR) is 76.5 cm³/mol. The van der Waals surface area contributed by atoms with E-state index in [1.807, 2.05) is 13.8 Å². The van der Waals surface area contributed by atoms with Gasteiger partial charge in [0.1, 0.15) is 34.8 Å². The molecule has 0 atom stereocenters. The van der Waals surface area contributed by atoms with Crippen LogP contribution >= 0.6 is 0 Å². The second-order valence-corrected chi connectivity index (χ2v) is 4.88. The highest BCUT2D eigenvalue weighted by Crippen LogP contribution is 2.30. The average molecular weight is 286 g/mol. The van der Waals surface area contributed by atoms with Crippen molar-refractivity contribution in [3.63, 3.8) is 0 Å². The van der Waals surface area contributed by atoms with Crippen molar-refractivity contribution in [3.05, 3.63) is 41.0 Å². The Morgan fingerprint density at radius 2 is 2.05 bits per heavy atom. The van der Waals surface area contributed by atoms with Crippen LogP contribution in [0.2, 0.25) is 0 Å². The van der Waals surface area contributed by atoms with Gasteiger partial charge in [0.2, 0.25) is 5.88 Å².